The predicted octanol–water partition coefficient (Wildman–Crippen LogP) is 4.09. The second-order valence-corrected chi connectivity index (χ2v) is 4.91. The zero-order valence-corrected chi connectivity index (χ0v) is 11.5. The van der Waals surface area contributed by atoms with Gasteiger partial charge in [0.05, 0.1) is 11.1 Å². The van der Waals surface area contributed by atoms with E-state index in [-0.39, 0.29) is 0 Å². The summed E-state index contributed by atoms with van der Waals surface area (Å²) in [6.07, 6.45) is 0. The Balaban J connectivity index is 2.43. The standard InChI is InChI=1S/C15H10BrNO2/c16-14-13(15(18)19)11-8-4-5-9-12(11)17(14)10-6-2-1-3-7-10/h1-9H,(H,18,19). The molecule has 0 aliphatic heterocycles. The van der Waals surface area contributed by atoms with E-state index in [9.17, 15) is 9.90 Å². The van der Waals surface area contributed by atoms with Crippen molar-refractivity contribution < 1.29 is 9.90 Å². The Morgan fingerprint density at radius 2 is 1.63 bits per heavy atom. The summed E-state index contributed by atoms with van der Waals surface area (Å²) < 4.78 is 2.46. The van der Waals surface area contributed by atoms with Gasteiger partial charge in [0.25, 0.3) is 0 Å². The van der Waals surface area contributed by atoms with Crippen LogP contribution in [0.2, 0.25) is 0 Å². The number of carboxylic acids is 1. The molecule has 0 bridgehead atoms. The summed E-state index contributed by atoms with van der Waals surface area (Å²) in [6.45, 7) is 0. The molecule has 0 saturated carbocycles. The van der Waals surface area contributed by atoms with Crippen LogP contribution >= 0.6 is 15.9 Å². The molecule has 1 aromatic heterocycles. The SMILES string of the molecule is O=C(O)c1c(Br)n(-c2ccccc2)c2ccccc12. The quantitative estimate of drug-likeness (QED) is 0.774. The number of rotatable bonds is 2. The first-order valence-corrected chi connectivity index (χ1v) is 6.57. The number of carbonyl (C=O) groups is 1. The number of halogens is 1. The monoisotopic (exact) mass is 315 g/mol. The molecule has 0 saturated heterocycles. The lowest BCUT2D eigenvalue weighted by atomic mass is 10.2. The highest BCUT2D eigenvalue weighted by Crippen LogP contribution is 2.33. The lowest BCUT2D eigenvalue weighted by molar-refractivity contribution is 0.0698. The second-order valence-electron chi connectivity index (χ2n) is 4.16. The summed E-state index contributed by atoms with van der Waals surface area (Å²) in [5.74, 6) is -0.933. The Hall–Kier alpha value is -2.07. The molecule has 3 aromatic rings. The van der Waals surface area contributed by atoms with Gasteiger partial charge < -0.3 is 9.67 Å². The molecule has 0 radical (unpaired) electrons. The van der Waals surface area contributed by atoms with Gasteiger partial charge in [0, 0.05) is 11.1 Å². The smallest absolute Gasteiger partial charge is 0.339 e. The molecule has 1 heterocycles. The van der Waals surface area contributed by atoms with Gasteiger partial charge in [-0.15, -0.1) is 0 Å². The molecule has 3 nitrogen and oxygen atoms in total. The van der Waals surface area contributed by atoms with Gasteiger partial charge in [-0.2, -0.15) is 0 Å². The molecule has 3 rings (SSSR count). The van der Waals surface area contributed by atoms with Crippen LogP contribution in [0, 0.1) is 0 Å². The van der Waals surface area contributed by atoms with Gasteiger partial charge >= 0.3 is 5.97 Å². The highest BCUT2D eigenvalue weighted by Gasteiger charge is 2.20. The number of fused-ring (bicyclic) bond motifs is 1. The van der Waals surface area contributed by atoms with E-state index in [4.69, 9.17) is 0 Å². The zero-order chi connectivity index (χ0) is 13.4. The fraction of sp³-hybridized carbons (Fsp3) is 0. The van der Waals surface area contributed by atoms with Crippen LogP contribution in [0.15, 0.2) is 59.2 Å². The van der Waals surface area contributed by atoms with E-state index in [1.54, 1.807) is 0 Å². The molecule has 0 unspecified atom stereocenters. The van der Waals surface area contributed by atoms with Gasteiger partial charge in [-0.3, -0.25) is 0 Å². The van der Waals surface area contributed by atoms with Crippen LogP contribution < -0.4 is 0 Å². The number of aromatic carboxylic acids is 1. The molecular weight excluding hydrogens is 306 g/mol. The third kappa shape index (κ3) is 1.85. The van der Waals surface area contributed by atoms with Gasteiger partial charge in [0.1, 0.15) is 4.60 Å². The van der Waals surface area contributed by atoms with Crippen LogP contribution in [0.1, 0.15) is 10.4 Å². The van der Waals surface area contributed by atoms with Crippen molar-refractivity contribution in [1.29, 1.82) is 0 Å². The average molecular weight is 316 g/mol. The summed E-state index contributed by atoms with van der Waals surface area (Å²) in [5, 5.41) is 10.1. The maximum Gasteiger partial charge on any atom is 0.339 e. The first-order chi connectivity index (χ1) is 9.20. The van der Waals surface area contributed by atoms with E-state index in [0.717, 1.165) is 16.6 Å². The highest BCUT2D eigenvalue weighted by atomic mass is 79.9. The minimum atomic E-state index is -0.933. The van der Waals surface area contributed by atoms with E-state index >= 15 is 0 Å². The Labute approximate surface area is 118 Å². The summed E-state index contributed by atoms with van der Waals surface area (Å²) in [5.41, 5.74) is 2.09. The van der Waals surface area contributed by atoms with E-state index in [1.165, 1.54) is 0 Å². The van der Waals surface area contributed by atoms with Crippen molar-refractivity contribution in [2.24, 2.45) is 0 Å². The summed E-state index contributed by atoms with van der Waals surface area (Å²) in [7, 11) is 0. The molecule has 0 atom stereocenters. The molecule has 0 fully saturated rings. The van der Waals surface area contributed by atoms with E-state index < -0.39 is 5.97 Å². The highest BCUT2D eigenvalue weighted by molar-refractivity contribution is 9.10. The van der Waals surface area contributed by atoms with Gasteiger partial charge in [-0.05, 0) is 34.1 Å². The van der Waals surface area contributed by atoms with Crippen molar-refractivity contribution in [2.75, 3.05) is 0 Å². The topological polar surface area (TPSA) is 42.2 Å². The van der Waals surface area contributed by atoms with Crippen LogP contribution in [-0.2, 0) is 0 Å². The molecule has 4 heteroatoms. The van der Waals surface area contributed by atoms with Crippen LogP contribution in [0.4, 0.5) is 0 Å². The first-order valence-electron chi connectivity index (χ1n) is 5.78. The summed E-state index contributed by atoms with van der Waals surface area (Å²) >= 11 is 3.41. The zero-order valence-electron chi connectivity index (χ0n) is 9.88. The number of hydrogen-bond acceptors (Lipinski definition) is 1. The van der Waals surface area contributed by atoms with Crippen molar-refractivity contribution in [3.8, 4) is 5.69 Å². The van der Waals surface area contributed by atoms with Gasteiger partial charge in [0.15, 0.2) is 0 Å². The summed E-state index contributed by atoms with van der Waals surface area (Å²) in [4.78, 5) is 11.4. The van der Waals surface area contributed by atoms with Crippen LogP contribution in [0.25, 0.3) is 16.6 Å². The van der Waals surface area contributed by atoms with Crippen molar-refractivity contribution in [2.45, 2.75) is 0 Å². The molecule has 0 amide bonds. The molecule has 94 valence electrons. The van der Waals surface area contributed by atoms with E-state index in [0.29, 0.717) is 10.2 Å². The largest absolute Gasteiger partial charge is 0.478 e. The van der Waals surface area contributed by atoms with Crippen molar-refractivity contribution >= 4 is 32.8 Å². The van der Waals surface area contributed by atoms with Gasteiger partial charge in [-0.1, -0.05) is 36.4 Å². The Kier molecular flexibility index (Phi) is 2.87. The molecule has 0 aliphatic rings. The van der Waals surface area contributed by atoms with E-state index in [1.807, 2.05) is 59.2 Å². The number of carboxylic acid groups (broad SMARTS) is 1. The number of benzene rings is 2. The number of para-hydroxylation sites is 2. The number of hydrogen-bond donors (Lipinski definition) is 1. The van der Waals surface area contributed by atoms with Crippen LogP contribution in [0.3, 0.4) is 0 Å². The van der Waals surface area contributed by atoms with Gasteiger partial charge in [0.2, 0.25) is 0 Å². The number of nitrogens with zero attached hydrogens (tertiary/aromatic N) is 1. The maximum absolute atomic E-state index is 11.4. The Morgan fingerprint density at radius 1 is 1.00 bits per heavy atom. The second kappa shape index (κ2) is 4.55. The minimum Gasteiger partial charge on any atom is -0.478 e. The van der Waals surface area contributed by atoms with Gasteiger partial charge in [-0.25, -0.2) is 4.79 Å². The Morgan fingerprint density at radius 3 is 2.32 bits per heavy atom. The minimum absolute atomic E-state index is 0.291. The average Bonchev–Trinajstić information content (AvgIpc) is 2.71. The molecule has 2 aromatic carbocycles. The van der Waals surface area contributed by atoms with Crippen molar-refractivity contribution in [3.05, 3.63) is 64.8 Å². The summed E-state index contributed by atoms with van der Waals surface area (Å²) in [6, 6.07) is 17.2. The molecule has 1 N–H and O–H groups in total. The lowest BCUT2D eigenvalue weighted by Crippen LogP contribution is -1.98. The number of aromatic nitrogens is 1. The normalized spacial score (nSPS) is 10.8. The third-order valence-corrected chi connectivity index (χ3v) is 3.80. The van der Waals surface area contributed by atoms with Crippen LogP contribution in [0.5, 0.6) is 0 Å². The lowest BCUT2D eigenvalue weighted by Gasteiger charge is -2.06. The van der Waals surface area contributed by atoms with Crippen molar-refractivity contribution in [1.82, 2.24) is 4.57 Å². The fourth-order valence-electron chi connectivity index (χ4n) is 2.24. The van der Waals surface area contributed by atoms with Crippen molar-refractivity contribution in [3.63, 3.8) is 0 Å². The first kappa shape index (κ1) is 12.0. The molecular formula is C15H10BrNO2. The molecule has 0 aliphatic carbocycles. The Bertz CT molecular complexity index is 762. The third-order valence-electron chi connectivity index (χ3n) is 3.05. The molecule has 0 spiro atoms. The molecule has 19 heavy (non-hydrogen) atoms. The fourth-order valence-corrected chi connectivity index (χ4v) is 3.02. The predicted molar refractivity (Wildman–Crippen MR) is 77.9 cm³/mol. The van der Waals surface area contributed by atoms with E-state index in [2.05, 4.69) is 15.9 Å². The maximum atomic E-state index is 11.4. The van der Waals surface area contributed by atoms with Crippen LogP contribution in [-0.4, -0.2) is 15.6 Å².